The fraction of sp³-hybridized carbons (Fsp3) is 0.875. The Bertz CT molecular complexity index is 79.0. The number of hydrogen-bond acceptors (Lipinski definition) is 3. The Labute approximate surface area is 96.2 Å². The lowest BCUT2D eigenvalue weighted by atomic mass is 10.7. The summed E-state index contributed by atoms with van der Waals surface area (Å²) in [4.78, 5) is 9.00. The first kappa shape index (κ1) is 23.6. The molecule has 0 amide bonds. The van der Waals surface area contributed by atoms with Gasteiger partial charge in [0.15, 0.2) is 0 Å². The summed E-state index contributed by atoms with van der Waals surface area (Å²) < 4.78 is 0. The van der Waals surface area contributed by atoms with Crippen LogP contribution in [0.2, 0.25) is 0 Å². The van der Waals surface area contributed by atoms with E-state index in [0.29, 0.717) is 0 Å². The van der Waals surface area contributed by atoms with E-state index in [1.807, 2.05) is 0 Å². The molecule has 0 radical (unpaired) electrons. The van der Waals surface area contributed by atoms with Crippen LogP contribution in [0.1, 0.15) is 20.8 Å². The maximum Gasteiger partial charge on any atom is 0.300 e. The van der Waals surface area contributed by atoms with Crippen molar-refractivity contribution >= 4 is 29.2 Å². The van der Waals surface area contributed by atoms with Crippen molar-refractivity contribution in [3.05, 3.63) is 0 Å². The SMILES string of the molecule is CC(=O)O.CCNCC.CO.ClCCl. The molecule has 0 rings (SSSR count). The molecule has 0 aliphatic rings. The number of carbonyl (C=O) groups is 1. The molecule has 0 saturated carbocycles. The standard InChI is InChI=1S/C4H11N.C2H4O2.CH2Cl2.CH4O/c1-3-5-4-2;1-2(3)4;2-1-3;1-2/h5H,3-4H2,1-2H3;1H3,(H,3,4);1H2;2H,1H3. The Hall–Kier alpha value is -0.0300. The zero-order valence-corrected chi connectivity index (χ0v) is 10.7. The summed E-state index contributed by atoms with van der Waals surface area (Å²) in [7, 11) is 1.00. The Morgan fingerprint density at radius 1 is 1.21 bits per heavy atom. The van der Waals surface area contributed by atoms with Crippen LogP contribution in [-0.2, 0) is 4.79 Å². The molecule has 0 fully saturated rings. The average molecular weight is 250 g/mol. The van der Waals surface area contributed by atoms with Crippen LogP contribution < -0.4 is 5.32 Å². The Morgan fingerprint density at radius 3 is 1.36 bits per heavy atom. The van der Waals surface area contributed by atoms with E-state index >= 15 is 0 Å². The lowest BCUT2D eigenvalue weighted by molar-refractivity contribution is -0.134. The largest absolute Gasteiger partial charge is 0.481 e. The van der Waals surface area contributed by atoms with Crippen molar-refractivity contribution in [1.82, 2.24) is 5.32 Å². The molecule has 6 heteroatoms. The number of aliphatic hydroxyl groups excluding tert-OH is 1. The molecule has 0 aromatic carbocycles. The second kappa shape index (κ2) is 38.3. The van der Waals surface area contributed by atoms with E-state index in [9.17, 15) is 0 Å². The first-order chi connectivity index (χ1) is 6.56. The van der Waals surface area contributed by atoms with Crippen molar-refractivity contribution in [3.63, 3.8) is 0 Å². The fourth-order valence-corrected chi connectivity index (χ4v) is 0.250. The van der Waals surface area contributed by atoms with Crippen LogP contribution in [0.4, 0.5) is 0 Å². The van der Waals surface area contributed by atoms with Crippen LogP contribution in [0.5, 0.6) is 0 Å². The molecule has 4 nitrogen and oxygen atoms in total. The van der Waals surface area contributed by atoms with Crippen LogP contribution in [0.15, 0.2) is 0 Å². The molecule has 0 heterocycles. The average Bonchev–Trinajstić information content (AvgIpc) is 2.09. The molecule has 0 bridgehead atoms. The fourth-order valence-electron chi connectivity index (χ4n) is 0.250. The summed E-state index contributed by atoms with van der Waals surface area (Å²) in [6.45, 7) is 7.47. The van der Waals surface area contributed by atoms with Gasteiger partial charge in [0.05, 0.1) is 5.34 Å². The molecule has 0 saturated heterocycles. The molecule has 3 N–H and O–H groups in total. The monoisotopic (exact) mass is 249 g/mol. The van der Waals surface area contributed by atoms with E-state index < -0.39 is 5.97 Å². The Kier molecular flexibility index (Phi) is 64.6. The van der Waals surface area contributed by atoms with Gasteiger partial charge in [-0.3, -0.25) is 4.79 Å². The predicted octanol–water partition coefficient (Wildman–Crippen LogP) is 1.74. The maximum atomic E-state index is 9.00. The summed E-state index contributed by atoms with van der Waals surface area (Å²) in [5.41, 5.74) is 0. The third kappa shape index (κ3) is 371. The molecule has 0 aromatic rings. The number of nitrogens with one attached hydrogen (secondary N) is 1. The van der Waals surface area contributed by atoms with Crippen LogP contribution >= 0.6 is 23.2 Å². The number of carboxylic acids is 1. The van der Waals surface area contributed by atoms with Crippen molar-refractivity contribution in [2.45, 2.75) is 20.8 Å². The van der Waals surface area contributed by atoms with E-state index in [1.54, 1.807) is 0 Å². The minimum absolute atomic E-state index is 0.194. The number of aliphatic hydroxyl groups is 1. The van der Waals surface area contributed by atoms with E-state index in [4.69, 9.17) is 38.2 Å². The molecule has 0 aromatic heterocycles. The molecule has 0 aliphatic heterocycles. The third-order valence-electron chi connectivity index (χ3n) is 0.500. The predicted molar refractivity (Wildman–Crippen MR) is 62.2 cm³/mol. The lowest BCUT2D eigenvalue weighted by Crippen LogP contribution is -2.09. The molecule has 0 atom stereocenters. The minimum Gasteiger partial charge on any atom is -0.481 e. The van der Waals surface area contributed by atoms with Crippen molar-refractivity contribution in [2.75, 3.05) is 25.5 Å². The molecule has 0 spiro atoms. The number of alkyl halides is 2. The smallest absolute Gasteiger partial charge is 0.300 e. The van der Waals surface area contributed by atoms with Gasteiger partial charge in [-0.15, -0.1) is 23.2 Å². The zero-order chi connectivity index (χ0) is 12.4. The van der Waals surface area contributed by atoms with E-state index in [1.165, 1.54) is 0 Å². The normalized spacial score (nSPS) is 6.50. The van der Waals surface area contributed by atoms with Gasteiger partial charge in [0.1, 0.15) is 0 Å². The van der Waals surface area contributed by atoms with Gasteiger partial charge in [-0.2, -0.15) is 0 Å². The summed E-state index contributed by atoms with van der Waals surface area (Å²) in [6.07, 6.45) is 0. The summed E-state index contributed by atoms with van der Waals surface area (Å²) in [5, 5.41) is 17.7. The highest BCUT2D eigenvalue weighted by Crippen LogP contribution is 1.73. The Balaban J connectivity index is -0.0000000505. The summed E-state index contributed by atoms with van der Waals surface area (Å²) in [6, 6.07) is 0. The van der Waals surface area contributed by atoms with Gasteiger partial charge in [0.25, 0.3) is 5.97 Å². The second-order valence-corrected chi connectivity index (χ2v) is 2.39. The zero-order valence-electron chi connectivity index (χ0n) is 9.18. The van der Waals surface area contributed by atoms with Crippen molar-refractivity contribution in [1.29, 1.82) is 0 Å². The maximum absolute atomic E-state index is 9.00. The molecule has 90 valence electrons. The van der Waals surface area contributed by atoms with Crippen LogP contribution in [0, 0.1) is 0 Å². The highest BCUT2D eigenvalue weighted by atomic mass is 35.5. The van der Waals surface area contributed by atoms with E-state index in [2.05, 4.69) is 19.2 Å². The number of aliphatic carboxylic acids is 1. The lowest BCUT2D eigenvalue weighted by Gasteiger charge is -1.86. The minimum atomic E-state index is -0.833. The highest BCUT2D eigenvalue weighted by molar-refractivity contribution is 6.40. The molecule has 14 heavy (non-hydrogen) atoms. The first-order valence-corrected chi connectivity index (χ1v) is 5.10. The van der Waals surface area contributed by atoms with Crippen molar-refractivity contribution in [2.24, 2.45) is 0 Å². The molecule has 0 unspecified atom stereocenters. The quantitative estimate of drug-likeness (QED) is 0.653. The van der Waals surface area contributed by atoms with Gasteiger partial charge >= 0.3 is 0 Å². The van der Waals surface area contributed by atoms with Gasteiger partial charge in [0, 0.05) is 14.0 Å². The van der Waals surface area contributed by atoms with Crippen LogP contribution in [0.25, 0.3) is 0 Å². The van der Waals surface area contributed by atoms with Gasteiger partial charge in [-0.05, 0) is 13.1 Å². The first-order valence-electron chi connectivity index (χ1n) is 4.03. The van der Waals surface area contributed by atoms with Gasteiger partial charge < -0.3 is 15.5 Å². The Morgan fingerprint density at radius 2 is 1.36 bits per heavy atom. The third-order valence-corrected chi connectivity index (χ3v) is 0.500. The topological polar surface area (TPSA) is 69.6 Å². The van der Waals surface area contributed by atoms with E-state index in [0.717, 1.165) is 27.1 Å². The second-order valence-electron chi connectivity index (χ2n) is 1.58. The van der Waals surface area contributed by atoms with Crippen molar-refractivity contribution < 1.29 is 15.0 Å². The van der Waals surface area contributed by atoms with Gasteiger partial charge in [-0.25, -0.2) is 0 Å². The van der Waals surface area contributed by atoms with Gasteiger partial charge in [0.2, 0.25) is 0 Å². The molecule has 0 aliphatic carbocycles. The number of carboxylic acid groups (broad SMARTS) is 1. The highest BCUT2D eigenvalue weighted by Gasteiger charge is 1.65. The van der Waals surface area contributed by atoms with Crippen LogP contribution in [-0.4, -0.2) is 41.7 Å². The number of hydrogen-bond donors (Lipinski definition) is 3. The van der Waals surface area contributed by atoms with Crippen LogP contribution in [0.3, 0.4) is 0 Å². The van der Waals surface area contributed by atoms with Gasteiger partial charge in [-0.1, -0.05) is 13.8 Å². The van der Waals surface area contributed by atoms with E-state index in [-0.39, 0.29) is 5.34 Å². The number of halogens is 2. The number of rotatable bonds is 2. The summed E-state index contributed by atoms with van der Waals surface area (Å²) in [5.74, 6) is -0.833. The summed E-state index contributed by atoms with van der Waals surface area (Å²) >= 11 is 9.53. The molecular formula is C8H21Cl2NO3. The molecular weight excluding hydrogens is 229 g/mol. The van der Waals surface area contributed by atoms with Crippen molar-refractivity contribution in [3.8, 4) is 0 Å².